The fourth-order valence-electron chi connectivity index (χ4n) is 2.18. The Morgan fingerprint density at radius 3 is 2.44 bits per heavy atom. The van der Waals surface area contributed by atoms with Crippen molar-refractivity contribution < 1.29 is 49.8 Å². The van der Waals surface area contributed by atoms with Crippen LogP contribution in [0.4, 0.5) is 8.78 Å². The number of pyridine rings is 1. The molecule has 2 aromatic heterocycles. The van der Waals surface area contributed by atoms with Gasteiger partial charge in [-0.05, 0) is 6.92 Å². The van der Waals surface area contributed by atoms with E-state index >= 15 is 0 Å². The molecule has 0 atom stereocenters. The maximum absolute atomic E-state index is 12.3. The third kappa shape index (κ3) is 4.91. The Morgan fingerprint density at radius 2 is 1.96 bits per heavy atom. The summed E-state index contributed by atoms with van der Waals surface area (Å²) in [5.41, 5.74) is 2.39. The standard InChI is InChI=1S/C11H11N2O2.C7H5F2.U/c1-7-11(8(2)15)13-5-9(6-14)3-4-10(13)12-7;1-5-6(8)3-2-4-7(5)9;/h3,5,14H,6H2,1-2H3;2-4H,1H2;/q2*-1;+2. The minimum Gasteiger partial charge on any atom is -0.410 e. The number of carbonyl (C=O) groups is 1. The Labute approximate surface area is 168 Å². The molecule has 128 valence electrons. The Hall–Kier alpha value is -1.68. The molecule has 0 amide bonds. The van der Waals surface area contributed by atoms with E-state index in [1.54, 1.807) is 23.6 Å². The second-order valence-electron chi connectivity index (χ2n) is 5.15. The van der Waals surface area contributed by atoms with Crippen molar-refractivity contribution in [3.63, 3.8) is 0 Å². The van der Waals surface area contributed by atoms with Gasteiger partial charge in [0.15, 0.2) is 5.78 Å². The number of rotatable bonds is 2. The van der Waals surface area contributed by atoms with Crippen molar-refractivity contribution in [1.29, 1.82) is 0 Å². The third-order valence-electron chi connectivity index (χ3n) is 3.34. The van der Waals surface area contributed by atoms with Gasteiger partial charge in [-0.1, -0.05) is 24.4 Å². The molecule has 0 saturated heterocycles. The van der Waals surface area contributed by atoms with Crippen LogP contribution in [0, 0.1) is 62.7 Å². The van der Waals surface area contributed by atoms with E-state index in [0.29, 0.717) is 22.6 Å². The molecule has 0 aliphatic carbocycles. The first-order chi connectivity index (χ1) is 11.3. The molecule has 2 heterocycles. The summed E-state index contributed by atoms with van der Waals surface area (Å²) < 4.78 is 26.2. The predicted molar refractivity (Wildman–Crippen MR) is 85.5 cm³/mol. The number of aliphatic hydroxyl groups is 1. The normalized spacial score (nSPS) is 9.96. The first-order valence-electron chi connectivity index (χ1n) is 7.12. The van der Waals surface area contributed by atoms with Gasteiger partial charge in [-0.25, -0.2) is 12.1 Å². The van der Waals surface area contributed by atoms with Gasteiger partial charge in [0.1, 0.15) is 5.69 Å². The fraction of sp³-hybridized carbons (Fsp3) is 0.167. The second kappa shape index (κ2) is 9.14. The Morgan fingerprint density at radius 1 is 1.36 bits per heavy atom. The monoisotopic (exact) mass is 568 g/mol. The summed E-state index contributed by atoms with van der Waals surface area (Å²) >= 11 is 0. The molecule has 0 saturated carbocycles. The summed E-state index contributed by atoms with van der Waals surface area (Å²) in [6.45, 7) is 6.39. The van der Waals surface area contributed by atoms with Crippen molar-refractivity contribution in [1.82, 2.24) is 9.38 Å². The maximum Gasteiger partial charge on any atom is 2.00 e. The number of aliphatic hydroxyl groups excluding tert-OH is 1. The Balaban J connectivity index is 0.000000270. The number of fused-ring (bicyclic) bond motifs is 1. The molecule has 3 aromatic rings. The topological polar surface area (TPSA) is 54.6 Å². The van der Waals surface area contributed by atoms with E-state index in [9.17, 15) is 13.6 Å². The van der Waals surface area contributed by atoms with Gasteiger partial charge < -0.3 is 9.51 Å². The average Bonchev–Trinajstić information content (AvgIpc) is 2.88. The Kier molecular flexibility index (Phi) is 7.81. The molecule has 25 heavy (non-hydrogen) atoms. The largest absolute Gasteiger partial charge is 2.00 e. The summed E-state index contributed by atoms with van der Waals surface area (Å²) in [5.74, 6) is -1.24. The molecule has 0 bridgehead atoms. The van der Waals surface area contributed by atoms with Gasteiger partial charge in [-0.2, -0.15) is 12.5 Å². The van der Waals surface area contributed by atoms with E-state index in [2.05, 4.69) is 18.0 Å². The van der Waals surface area contributed by atoms with Crippen LogP contribution >= 0.6 is 0 Å². The summed E-state index contributed by atoms with van der Waals surface area (Å²) in [7, 11) is 0. The molecule has 0 unspecified atom stereocenters. The zero-order valence-electron chi connectivity index (χ0n) is 13.8. The number of aromatic nitrogens is 2. The first-order valence-corrected chi connectivity index (χ1v) is 7.12. The molecule has 4 nitrogen and oxygen atoms in total. The van der Waals surface area contributed by atoms with E-state index in [1.165, 1.54) is 25.1 Å². The zero-order valence-corrected chi connectivity index (χ0v) is 18.0. The van der Waals surface area contributed by atoms with E-state index in [1.807, 2.05) is 0 Å². The average molecular weight is 568 g/mol. The van der Waals surface area contributed by atoms with Crippen molar-refractivity contribution in [2.75, 3.05) is 0 Å². The third-order valence-corrected chi connectivity index (χ3v) is 3.34. The van der Waals surface area contributed by atoms with Crippen LogP contribution in [-0.4, -0.2) is 20.3 Å². The van der Waals surface area contributed by atoms with Gasteiger partial charge in [0.2, 0.25) is 0 Å². The van der Waals surface area contributed by atoms with Gasteiger partial charge in [0.25, 0.3) is 0 Å². The van der Waals surface area contributed by atoms with Crippen LogP contribution in [0.1, 0.15) is 34.2 Å². The van der Waals surface area contributed by atoms with Crippen LogP contribution in [-0.2, 0) is 6.61 Å². The Bertz CT molecular complexity index is 874. The molecule has 0 radical (unpaired) electrons. The maximum atomic E-state index is 12.3. The smallest absolute Gasteiger partial charge is 0.410 e. The van der Waals surface area contributed by atoms with Gasteiger partial charge in [0, 0.05) is 30.8 Å². The summed E-state index contributed by atoms with van der Waals surface area (Å²) in [5, 5.41) is 8.99. The van der Waals surface area contributed by atoms with Crippen LogP contribution in [0.5, 0.6) is 0 Å². The van der Waals surface area contributed by atoms with Crippen molar-refractivity contribution >= 4 is 11.4 Å². The van der Waals surface area contributed by atoms with Crippen LogP contribution in [0.3, 0.4) is 0 Å². The van der Waals surface area contributed by atoms with Crippen molar-refractivity contribution in [2.24, 2.45) is 0 Å². The molecule has 1 aromatic carbocycles. The van der Waals surface area contributed by atoms with E-state index in [-0.39, 0.29) is 49.1 Å². The SMILES string of the molecule is CC(=O)c1c(C)nc2[c-]cc(CO)cn12.[CH2-]c1c(F)cccc1F.[U+2]. The number of ketones is 1. The first kappa shape index (κ1) is 21.4. The van der Waals surface area contributed by atoms with Gasteiger partial charge in [0.05, 0.1) is 5.69 Å². The van der Waals surface area contributed by atoms with Gasteiger partial charge >= 0.3 is 31.1 Å². The molecule has 0 aliphatic heterocycles. The number of imidazole rings is 1. The number of hydrogen-bond donors (Lipinski definition) is 1. The molecular weight excluding hydrogens is 552 g/mol. The van der Waals surface area contributed by atoms with Crippen molar-refractivity contribution in [2.45, 2.75) is 20.5 Å². The predicted octanol–water partition coefficient (Wildman–Crippen LogP) is 3.28. The second-order valence-corrected chi connectivity index (χ2v) is 5.15. The number of aryl methyl sites for hydroxylation is 1. The minimum absolute atomic E-state index is 0. The van der Waals surface area contributed by atoms with Crippen LogP contribution < -0.4 is 0 Å². The molecule has 0 fully saturated rings. The van der Waals surface area contributed by atoms with E-state index < -0.39 is 11.6 Å². The number of carbonyl (C=O) groups excluding carboxylic acids is 1. The van der Waals surface area contributed by atoms with Crippen LogP contribution in [0.2, 0.25) is 0 Å². The van der Waals surface area contributed by atoms with Crippen molar-refractivity contribution in [3.8, 4) is 0 Å². The zero-order chi connectivity index (χ0) is 17.9. The summed E-state index contributed by atoms with van der Waals surface area (Å²) in [4.78, 5) is 15.6. The van der Waals surface area contributed by atoms with E-state index in [0.717, 1.165) is 0 Å². The summed E-state index contributed by atoms with van der Waals surface area (Å²) in [6.07, 6.45) is 1.71. The number of hydrogen-bond acceptors (Lipinski definition) is 3. The minimum atomic E-state index is -0.602. The molecule has 0 aliphatic rings. The van der Waals surface area contributed by atoms with Crippen LogP contribution in [0.25, 0.3) is 5.65 Å². The molecular formula is C18H16F2N2O2U. The van der Waals surface area contributed by atoms with Gasteiger partial charge in [-0.15, -0.1) is 5.56 Å². The molecule has 7 heteroatoms. The van der Waals surface area contributed by atoms with Gasteiger partial charge in [-0.3, -0.25) is 18.6 Å². The molecule has 1 N–H and O–H groups in total. The number of halogens is 2. The number of Topliss-reactive ketones (excluding diaryl/α,β-unsaturated/α-hetero) is 1. The number of nitrogens with zero attached hydrogens (tertiary/aromatic N) is 2. The number of benzene rings is 1. The summed E-state index contributed by atoms with van der Waals surface area (Å²) in [6, 6.07) is 8.25. The fourth-order valence-corrected chi connectivity index (χ4v) is 2.18. The van der Waals surface area contributed by atoms with Crippen LogP contribution in [0.15, 0.2) is 30.5 Å². The van der Waals surface area contributed by atoms with E-state index in [4.69, 9.17) is 5.11 Å². The molecule has 3 rings (SSSR count). The molecule has 0 spiro atoms. The van der Waals surface area contributed by atoms with Crippen molar-refractivity contribution in [3.05, 3.63) is 77.6 Å². The quantitative estimate of drug-likeness (QED) is 0.382.